The Morgan fingerprint density at radius 3 is 2.65 bits per heavy atom. The molecule has 0 radical (unpaired) electrons. The van der Waals surface area contributed by atoms with Crippen LogP contribution in [0.2, 0.25) is 0 Å². The maximum absolute atomic E-state index is 3.39. The van der Waals surface area contributed by atoms with Crippen molar-refractivity contribution in [3.05, 3.63) is 48.0 Å². The third kappa shape index (κ3) is 2.87. The molecule has 0 saturated heterocycles. The normalized spacial score (nSPS) is 11.9. The molecule has 2 aromatic rings. The van der Waals surface area contributed by atoms with E-state index in [2.05, 4.69) is 66.5 Å². The average molecular weight is 223 g/mol. The van der Waals surface area contributed by atoms with Gasteiger partial charge < -0.3 is 0 Å². The molecule has 0 saturated carbocycles. The lowest BCUT2D eigenvalue weighted by Gasteiger charge is -2.13. The molecule has 2 aromatic carbocycles. The molecule has 1 N–H and O–H groups in total. The van der Waals surface area contributed by atoms with E-state index in [0.717, 1.165) is 6.54 Å². The smallest absolute Gasteiger partial charge is 0.0581 e. The molecule has 0 bridgehead atoms. The molecular weight excluding hydrogens is 206 g/mol. The highest BCUT2D eigenvalue weighted by atomic mass is 14.9. The van der Waals surface area contributed by atoms with E-state index < -0.39 is 0 Å². The van der Waals surface area contributed by atoms with E-state index in [1.807, 2.05) is 6.92 Å². The quantitative estimate of drug-likeness (QED) is 0.785. The van der Waals surface area contributed by atoms with Crippen molar-refractivity contribution in [1.29, 1.82) is 0 Å². The van der Waals surface area contributed by atoms with E-state index in [1.54, 1.807) is 0 Å². The van der Waals surface area contributed by atoms with Gasteiger partial charge in [-0.05, 0) is 36.2 Å². The molecule has 1 atom stereocenters. The van der Waals surface area contributed by atoms with Crippen LogP contribution in [0.5, 0.6) is 0 Å². The number of rotatable bonds is 3. The minimum absolute atomic E-state index is 0.334. The lowest BCUT2D eigenvalue weighted by molar-refractivity contribution is 0.624. The molecule has 1 nitrogen and oxygen atoms in total. The second-order valence-electron chi connectivity index (χ2n) is 4.14. The Bertz CT molecular complexity index is 560. The van der Waals surface area contributed by atoms with Gasteiger partial charge in [-0.1, -0.05) is 42.3 Å². The summed E-state index contributed by atoms with van der Waals surface area (Å²) in [5, 5.41) is 5.97. The Morgan fingerprint density at radius 1 is 1.12 bits per heavy atom. The van der Waals surface area contributed by atoms with Gasteiger partial charge in [0.05, 0.1) is 6.54 Å². The van der Waals surface area contributed by atoms with Gasteiger partial charge in [0.2, 0.25) is 0 Å². The van der Waals surface area contributed by atoms with Crippen LogP contribution < -0.4 is 5.32 Å². The molecule has 17 heavy (non-hydrogen) atoms. The Balaban J connectivity index is 2.19. The third-order valence-corrected chi connectivity index (χ3v) is 2.95. The molecule has 0 aromatic heterocycles. The topological polar surface area (TPSA) is 12.0 Å². The molecular formula is C16H17N. The first-order valence-corrected chi connectivity index (χ1v) is 5.93. The van der Waals surface area contributed by atoms with Crippen LogP contribution in [0.4, 0.5) is 0 Å². The zero-order valence-electron chi connectivity index (χ0n) is 10.3. The van der Waals surface area contributed by atoms with Gasteiger partial charge in [0, 0.05) is 6.04 Å². The van der Waals surface area contributed by atoms with Crippen LogP contribution in [-0.4, -0.2) is 6.54 Å². The first-order chi connectivity index (χ1) is 8.31. The van der Waals surface area contributed by atoms with Gasteiger partial charge in [-0.15, -0.1) is 5.92 Å². The second-order valence-corrected chi connectivity index (χ2v) is 4.14. The van der Waals surface area contributed by atoms with Gasteiger partial charge in [-0.3, -0.25) is 5.32 Å². The average Bonchev–Trinajstić information content (AvgIpc) is 2.38. The highest BCUT2D eigenvalue weighted by molar-refractivity contribution is 5.83. The van der Waals surface area contributed by atoms with Crippen molar-refractivity contribution < 1.29 is 0 Å². The molecule has 2 rings (SSSR count). The molecule has 1 unspecified atom stereocenters. The first-order valence-electron chi connectivity index (χ1n) is 5.93. The molecule has 86 valence electrons. The molecule has 0 spiro atoms. The highest BCUT2D eigenvalue weighted by Crippen LogP contribution is 2.19. The zero-order valence-corrected chi connectivity index (χ0v) is 10.3. The molecule has 0 heterocycles. The van der Waals surface area contributed by atoms with Crippen molar-refractivity contribution in [3.63, 3.8) is 0 Å². The van der Waals surface area contributed by atoms with Gasteiger partial charge in [-0.25, -0.2) is 0 Å². The monoisotopic (exact) mass is 223 g/mol. The lowest BCUT2D eigenvalue weighted by Crippen LogP contribution is -2.18. The Morgan fingerprint density at radius 2 is 1.88 bits per heavy atom. The van der Waals surface area contributed by atoms with Crippen LogP contribution >= 0.6 is 0 Å². The second kappa shape index (κ2) is 5.52. The van der Waals surface area contributed by atoms with Crippen LogP contribution in [0.25, 0.3) is 10.8 Å². The maximum atomic E-state index is 3.39. The van der Waals surface area contributed by atoms with Crippen molar-refractivity contribution in [2.75, 3.05) is 6.54 Å². The highest BCUT2D eigenvalue weighted by Gasteiger charge is 2.04. The fourth-order valence-corrected chi connectivity index (χ4v) is 1.89. The fourth-order valence-electron chi connectivity index (χ4n) is 1.89. The van der Waals surface area contributed by atoms with E-state index in [0.29, 0.717) is 6.04 Å². The van der Waals surface area contributed by atoms with Crippen LogP contribution in [0, 0.1) is 11.8 Å². The summed E-state index contributed by atoms with van der Waals surface area (Å²) in [7, 11) is 0. The van der Waals surface area contributed by atoms with E-state index in [9.17, 15) is 0 Å². The minimum atomic E-state index is 0.334. The predicted molar refractivity (Wildman–Crippen MR) is 73.8 cm³/mol. The minimum Gasteiger partial charge on any atom is -0.300 e. The summed E-state index contributed by atoms with van der Waals surface area (Å²) in [5.74, 6) is 5.92. The maximum Gasteiger partial charge on any atom is 0.0581 e. The van der Waals surface area contributed by atoms with E-state index in [-0.39, 0.29) is 0 Å². The number of hydrogen-bond donors (Lipinski definition) is 1. The number of nitrogens with one attached hydrogen (secondary N) is 1. The molecule has 1 heteroatoms. The summed E-state index contributed by atoms with van der Waals surface area (Å²) in [4.78, 5) is 0. The van der Waals surface area contributed by atoms with Gasteiger partial charge in [0.25, 0.3) is 0 Å². The van der Waals surface area contributed by atoms with Crippen LogP contribution in [0.15, 0.2) is 42.5 Å². The van der Waals surface area contributed by atoms with Gasteiger partial charge >= 0.3 is 0 Å². The van der Waals surface area contributed by atoms with Crippen LogP contribution in [0.3, 0.4) is 0 Å². The number of hydrogen-bond acceptors (Lipinski definition) is 1. The van der Waals surface area contributed by atoms with E-state index in [4.69, 9.17) is 0 Å². The first kappa shape index (κ1) is 11.7. The largest absolute Gasteiger partial charge is 0.300 e. The Hall–Kier alpha value is -1.78. The van der Waals surface area contributed by atoms with Crippen molar-refractivity contribution >= 4 is 10.8 Å². The summed E-state index contributed by atoms with van der Waals surface area (Å²) in [6, 6.07) is 15.4. The van der Waals surface area contributed by atoms with Crippen molar-refractivity contribution in [2.24, 2.45) is 0 Å². The number of fused-ring (bicyclic) bond motifs is 1. The standard InChI is InChI=1S/C16H17N/c1-3-4-11-17-13(2)15-10-9-14-7-5-6-8-16(14)12-15/h5-10,12-13,17H,11H2,1-2H3. The van der Waals surface area contributed by atoms with E-state index in [1.165, 1.54) is 16.3 Å². The molecule has 0 aliphatic heterocycles. The summed E-state index contributed by atoms with van der Waals surface area (Å²) < 4.78 is 0. The summed E-state index contributed by atoms with van der Waals surface area (Å²) in [5.41, 5.74) is 1.31. The molecule has 0 amide bonds. The Kier molecular flexibility index (Phi) is 3.80. The SMILES string of the molecule is CC#CCNC(C)c1ccc2ccccc2c1. The summed E-state index contributed by atoms with van der Waals surface area (Å²) in [6.45, 7) is 4.77. The third-order valence-electron chi connectivity index (χ3n) is 2.95. The summed E-state index contributed by atoms with van der Waals surface area (Å²) in [6.07, 6.45) is 0. The van der Waals surface area contributed by atoms with Crippen LogP contribution in [-0.2, 0) is 0 Å². The fraction of sp³-hybridized carbons (Fsp3) is 0.250. The van der Waals surface area contributed by atoms with Crippen molar-refractivity contribution in [1.82, 2.24) is 5.32 Å². The van der Waals surface area contributed by atoms with Crippen molar-refractivity contribution in [3.8, 4) is 11.8 Å². The van der Waals surface area contributed by atoms with Crippen molar-refractivity contribution in [2.45, 2.75) is 19.9 Å². The predicted octanol–water partition coefficient (Wildman–Crippen LogP) is 3.51. The van der Waals surface area contributed by atoms with E-state index >= 15 is 0 Å². The van der Waals surface area contributed by atoms with Gasteiger partial charge in [-0.2, -0.15) is 0 Å². The van der Waals surface area contributed by atoms with Crippen LogP contribution in [0.1, 0.15) is 25.5 Å². The Labute approximate surface area is 103 Å². The van der Waals surface area contributed by atoms with Gasteiger partial charge in [0.1, 0.15) is 0 Å². The zero-order chi connectivity index (χ0) is 12.1. The lowest BCUT2D eigenvalue weighted by atomic mass is 10.0. The molecule has 0 aliphatic rings. The number of benzene rings is 2. The van der Waals surface area contributed by atoms with Gasteiger partial charge in [0.15, 0.2) is 0 Å². The summed E-state index contributed by atoms with van der Waals surface area (Å²) >= 11 is 0. The molecule has 0 fully saturated rings. The molecule has 0 aliphatic carbocycles.